The van der Waals surface area contributed by atoms with Crippen molar-refractivity contribution in [3.63, 3.8) is 0 Å². The zero-order chi connectivity index (χ0) is 46.3. The topological polar surface area (TPSA) is 267 Å². The van der Waals surface area contributed by atoms with Crippen molar-refractivity contribution in [1.82, 2.24) is 59.1 Å². The van der Waals surface area contributed by atoms with Gasteiger partial charge in [0.25, 0.3) is 11.1 Å². The molecule has 0 bridgehead atoms. The number of alkyl halides is 1. The van der Waals surface area contributed by atoms with E-state index < -0.39 is 12.2 Å². The second-order valence-corrected chi connectivity index (χ2v) is 14.6. The number of hydrogen-bond acceptors (Lipinski definition) is 16. The van der Waals surface area contributed by atoms with Crippen molar-refractivity contribution in [2.75, 3.05) is 25.7 Å². The van der Waals surface area contributed by atoms with Crippen LogP contribution in [0, 0.1) is 0 Å². The number of benzene rings is 2. The molecule has 20 nitrogen and oxygen atoms in total. The van der Waals surface area contributed by atoms with Gasteiger partial charge in [0, 0.05) is 60.9 Å². The van der Waals surface area contributed by atoms with Crippen molar-refractivity contribution in [3.8, 4) is 56.8 Å². The highest BCUT2D eigenvalue weighted by atomic mass is 35.5. The lowest BCUT2D eigenvalue weighted by Gasteiger charge is -2.10. The molecule has 344 valence electrons. The number of ether oxygens (including phenoxy) is 1. The molecule has 21 heteroatoms. The van der Waals surface area contributed by atoms with Crippen molar-refractivity contribution < 1.29 is 30.3 Å². The van der Waals surface area contributed by atoms with Crippen LogP contribution in [0.25, 0.3) is 45.3 Å². The lowest BCUT2D eigenvalue weighted by molar-refractivity contribution is 0.0534. The number of hydrogen-bond donors (Lipinski definition) is 5. The Morgan fingerprint density at radius 1 is 0.621 bits per heavy atom. The number of aryl methyl sites for hydroxylation is 2. The summed E-state index contributed by atoms with van der Waals surface area (Å²) < 4.78 is 11.5. The number of aliphatic hydroxyl groups is 4. The zero-order valence-electron chi connectivity index (χ0n) is 35.1. The van der Waals surface area contributed by atoms with Crippen LogP contribution in [0.4, 0.5) is 0 Å². The Morgan fingerprint density at radius 3 is 1.47 bits per heavy atom. The van der Waals surface area contributed by atoms with E-state index >= 15 is 0 Å². The van der Waals surface area contributed by atoms with Gasteiger partial charge in [-0.05, 0) is 35.4 Å². The third kappa shape index (κ3) is 14.0. The lowest BCUT2D eigenvalue weighted by Crippen LogP contribution is -2.22. The largest absolute Gasteiger partial charge is 0.505 e. The van der Waals surface area contributed by atoms with Gasteiger partial charge < -0.3 is 30.3 Å². The van der Waals surface area contributed by atoms with Crippen molar-refractivity contribution in [3.05, 3.63) is 154 Å². The van der Waals surface area contributed by atoms with Gasteiger partial charge in [0.2, 0.25) is 0 Å². The standard InChI is InChI=1S/C22H22N6O4.C19H16N6O2.C3H7ClO2.CH4/c1-27-12-17(8-25-27)20-5-6-21(31)28(26-20)11-15-3-2-4-16(7-15)22-23-9-19(10-24-22)32-14-18(30)13-29;1-24-12-15(8-22-24)17-5-6-18(27)25(23-17)11-13-3-2-4-14(7-13)19-20-9-16(26)10-21-19;4-1-3(6)2-5;/h2-10,12,18,29-30H,11,13-14H2,1H3;2-10,12,26H,11H2,1H3;3,5-6H,1-2H2;1H4. The van der Waals surface area contributed by atoms with E-state index in [9.17, 15) is 19.8 Å². The molecule has 0 saturated carbocycles. The van der Waals surface area contributed by atoms with Crippen LogP contribution in [-0.4, -0.2) is 122 Å². The summed E-state index contributed by atoms with van der Waals surface area (Å²) in [6.45, 7) is -0.0627. The Balaban J connectivity index is 0.000000220. The predicted molar refractivity (Wildman–Crippen MR) is 245 cm³/mol. The van der Waals surface area contributed by atoms with Crippen LogP contribution in [0.15, 0.2) is 132 Å². The molecule has 0 aliphatic rings. The Morgan fingerprint density at radius 2 is 1.08 bits per heavy atom. The van der Waals surface area contributed by atoms with E-state index in [1.54, 1.807) is 33.9 Å². The van der Waals surface area contributed by atoms with Crippen LogP contribution >= 0.6 is 11.6 Å². The van der Waals surface area contributed by atoms with Crippen LogP contribution in [-0.2, 0) is 27.2 Å². The third-order valence-corrected chi connectivity index (χ3v) is 9.43. The molecule has 0 saturated heterocycles. The maximum absolute atomic E-state index is 12.3. The fourth-order valence-electron chi connectivity index (χ4n) is 5.81. The van der Waals surface area contributed by atoms with E-state index in [4.69, 9.17) is 31.7 Å². The first kappa shape index (κ1) is 49.5. The van der Waals surface area contributed by atoms with Crippen LogP contribution < -0.4 is 15.9 Å². The zero-order valence-corrected chi connectivity index (χ0v) is 35.9. The van der Waals surface area contributed by atoms with Crippen molar-refractivity contribution in [2.24, 2.45) is 14.1 Å². The Kier molecular flexibility index (Phi) is 18.0. The summed E-state index contributed by atoms with van der Waals surface area (Å²) in [7, 11) is 3.65. The maximum atomic E-state index is 12.3. The molecule has 6 aromatic heterocycles. The molecule has 8 rings (SSSR count). The van der Waals surface area contributed by atoms with Crippen molar-refractivity contribution in [1.29, 1.82) is 0 Å². The van der Waals surface area contributed by atoms with Crippen LogP contribution in [0.3, 0.4) is 0 Å². The summed E-state index contributed by atoms with van der Waals surface area (Å²) in [5.41, 5.74) is 5.97. The molecule has 2 unspecified atom stereocenters. The molecular formula is C45H49ClN12O8. The molecule has 0 spiro atoms. The van der Waals surface area contributed by atoms with Crippen molar-refractivity contribution in [2.45, 2.75) is 32.7 Å². The van der Waals surface area contributed by atoms with Gasteiger partial charge in [0.05, 0.1) is 86.9 Å². The number of nitrogens with zero attached hydrogens (tertiary/aromatic N) is 12. The summed E-state index contributed by atoms with van der Waals surface area (Å²) in [6, 6.07) is 21.5. The Labute approximate surface area is 383 Å². The number of rotatable bonds is 14. The molecular weight excluding hydrogens is 872 g/mol. The summed E-state index contributed by atoms with van der Waals surface area (Å²) in [5, 5.41) is 61.0. The number of aliphatic hydroxyl groups excluding tert-OH is 4. The molecule has 2 atom stereocenters. The average Bonchev–Trinajstić information content (AvgIpc) is 3.98. The molecule has 6 heterocycles. The quantitative estimate of drug-likeness (QED) is 0.0982. The summed E-state index contributed by atoms with van der Waals surface area (Å²) >= 11 is 5.04. The fourth-order valence-corrected chi connectivity index (χ4v) is 5.90. The number of aromatic hydroxyl groups is 1. The van der Waals surface area contributed by atoms with Crippen LogP contribution in [0.1, 0.15) is 18.6 Å². The van der Waals surface area contributed by atoms with Gasteiger partial charge in [0.15, 0.2) is 23.1 Å². The monoisotopic (exact) mass is 920 g/mol. The van der Waals surface area contributed by atoms with Gasteiger partial charge in [-0.3, -0.25) is 19.0 Å². The molecule has 0 fully saturated rings. The summed E-state index contributed by atoms with van der Waals surface area (Å²) in [5.74, 6) is 1.50. The minimum Gasteiger partial charge on any atom is -0.505 e. The van der Waals surface area contributed by atoms with Gasteiger partial charge in [-0.2, -0.15) is 20.4 Å². The number of halogens is 1. The minimum atomic E-state index is -0.958. The second-order valence-electron chi connectivity index (χ2n) is 14.3. The third-order valence-electron chi connectivity index (χ3n) is 9.08. The normalized spacial score (nSPS) is 11.6. The Hall–Kier alpha value is -7.49. The number of aromatic nitrogens is 12. The van der Waals surface area contributed by atoms with E-state index in [0.717, 1.165) is 33.4 Å². The molecule has 0 radical (unpaired) electrons. The first-order valence-corrected chi connectivity index (χ1v) is 20.4. The van der Waals surface area contributed by atoms with E-state index in [0.29, 0.717) is 41.9 Å². The molecule has 2 aromatic carbocycles. The summed E-state index contributed by atoms with van der Waals surface area (Å²) in [4.78, 5) is 41.4. The summed E-state index contributed by atoms with van der Waals surface area (Å²) in [6.07, 6.45) is 11.1. The highest BCUT2D eigenvalue weighted by Gasteiger charge is 2.11. The predicted octanol–water partition coefficient (Wildman–Crippen LogP) is 2.95. The molecule has 5 N–H and O–H groups in total. The molecule has 66 heavy (non-hydrogen) atoms. The average molecular weight is 921 g/mol. The molecule has 0 aliphatic heterocycles. The molecule has 0 aliphatic carbocycles. The van der Waals surface area contributed by atoms with Crippen molar-refractivity contribution >= 4 is 11.6 Å². The van der Waals surface area contributed by atoms with Gasteiger partial charge in [0.1, 0.15) is 12.7 Å². The van der Waals surface area contributed by atoms with Crippen LogP contribution in [0.5, 0.6) is 11.5 Å². The Bertz CT molecular complexity index is 2880. The van der Waals surface area contributed by atoms with Gasteiger partial charge in [-0.25, -0.2) is 29.3 Å². The highest BCUT2D eigenvalue weighted by Crippen LogP contribution is 2.21. The first-order chi connectivity index (χ1) is 31.4. The van der Waals surface area contributed by atoms with E-state index in [-0.39, 0.29) is 50.0 Å². The maximum Gasteiger partial charge on any atom is 0.267 e. The highest BCUT2D eigenvalue weighted by molar-refractivity contribution is 6.18. The lowest BCUT2D eigenvalue weighted by atomic mass is 10.1. The van der Waals surface area contributed by atoms with Gasteiger partial charge in [-0.1, -0.05) is 43.8 Å². The second kappa shape index (κ2) is 24.0. The molecule has 8 aromatic rings. The minimum absolute atomic E-state index is 0. The first-order valence-electron chi connectivity index (χ1n) is 19.8. The van der Waals surface area contributed by atoms with Crippen LogP contribution in [0.2, 0.25) is 0 Å². The van der Waals surface area contributed by atoms with Gasteiger partial charge >= 0.3 is 0 Å². The van der Waals surface area contributed by atoms with Gasteiger partial charge in [-0.15, -0.1) is 11.6 Å². The molecule has 0 amide bonds. The van der Waals surface area contributed by atoms with E-state index in [1.807, 2.05) is 75.0 Å². The van der Waals surface area contributed by atoms with E-state index in [1.165, 1.54) is 46.3 Å². The van der Waals surface area contributed by atoms with E-state index in [2.05, 4.69) is 40.3 Å². The smallest absolute Gasteiger partial charge is 0.267 e. The fraction of sp³-hybridized carbons (Fsp3) is 0.244. The SMILES string of the molecule is C.Cn1cc(-c2ccc(=O)n(Cc3cccc(-c4ncc(O)cn4)c3)n2)cn1.Cn1cc(-c2ccc(=O)n(Cc3cccc(-c4ncc(OCC(O)CO)cn4)c3)n2)cn1.OCC(O)CCl.